The van der Waals surface area contributed by atoms with Gasteiger partial charge in [0, 0.05) is 18.1 Å². The third-order valence-electron chi connectivity index (χ3n) is 4.88. The van der Waals surface area contributed by atoms with Crippen LogP contribution in [0.4, 0.5) is 5.00 Å². The van der Waals surface area contributed by atoms with Crippen LogP contribution in [-0.4, -0.2) is 33.7 Å². The number of hydrogen-bond acceptors (Lipinski definition) is 5. The fourth-order valence-corrected chi connectivity index (χ4v) is 4.93. The van der Waals surface area contributed by atoms with Crippen molar-refractivity contribution in [2.75, 3.05) is 33.1 Å². The largest absolute Gasteiger partial charge is 0.497 e. The minimum absolute atomic E-state index is 0.00586. The Hall–Kier alpha value is -2.25. The molecule has 3 heterocycles. The Morgan fingerprint density at radius 2 is 2.08 bits per heavy atom. The lowest BCUT2D eigenvalue weighted by molar-refractivity contribution is -0.895. The number of anilines is 1. The minimum Gasteiger partial charge on any atom is -0.497 e. The highest BCUT2D eigenvalue weighted by molar-refractivity contribution is 7.16. The summed E-state index contributed by atoms with van der Waals surface area (Å²) in [7, 11) is 5.44. The Labute approximate surface area is 150 Å². The first-order chi connectivity index (χ1) is 12.1. The molecule has 1 aromatic carbocycles. The van der Waals surface area contributed by atoms with E-state index in [2.05, 4.69) is 17.7 Å². The highest BCUT2D eigenvalue weighted by Gasteiger charge is 2.34. The Morgan fingerprint density at radius 3 is 2.84 bits per heavy atom. The summed E-state index contributed by atoms with van der Waals surface area (Å²) in [5.41, 5.74) is 2.93. The van der Waals surface area contributed by atoms with Gasteiger partial charge >= 0.3 is 0 Å². The molecule has 0 bridgehead atoms. The van der Waals surface area contributed by atoms with Gasteiger partial charge < -0.3 is 25.0 Å². The van der Waals surface area contributed by atoms with Gasteiger partial charge in [-0.1, -0.05) is 0 Å². The summed E-state index contributed by atoms with van der Waals surface area (Å²) in [6.07, 6.45) is 0.643. The van der Waals surface area contributed by atoms with Crippen molar-refractivity contribution in [2.45, 2.75) is 19.1 Å². The number of carbonyl (C=O) groups excluding carboxylic acids is 1. The van der Waals surface area contributed by atoms with E-state index in [-0.39, 0.29) is 12.1 Å². The van der Waals surface area contributed by atoms with Crippen molar-refractivity contribution >= 4 is 22.2 Å². The number of likely N-dealkylation sites (N-methyl/N-ethyl adjacent to an activating group) is 1. The number of benzene rings is 1. The molecule has 0 spiro atoms. The van der Waals surface area contributed by atoms with Gasteiger partial charge in [0.05, 0.1) is 38.3 Å². The normalized spacial score (nSPS) is 21.6. The monoisotopic (exact) mass is 360 g/mol. The average molecular weight is 360 g/mol. The first-order valence-electron chi connectivity index (χ1n) is 8.36. The SMILES string of the molecule is COc1ccc(C2NC(=O)c3c(sc4c3CC[NH+](C)C4)N2)c(OC)c1. The number of ether oxygens (including phenoxy) is 2. The fraction of sp³-hybridized carbons (Fsp3) is 0.389. The molecule has 4 rings (SSSR count). The van der Waals surface area contributed by atoms with Crippen molar-refractivity contribution in [1.82, 2.24) is 5.32 Å². The van der Waals surface area contributed by atoms with E-state index >= 15 is 0 Å². The maximum absolute atomic E-state index is 12.8. The van der Waals surface area contributed by atoms with Crippen molar-refractivity contribution in [3.8, 4) is 11.5 Å². The van der Waals surface area contributed by atoms with Crippen LogP contribution in [0, 0.1) is 0 Å². The lowest BCUT2D eigenvalue weighted by atomic mass is 10.0. The molecule has 0 saturated heterocycles. The van der Waals surface area contributed by atoms with Crippen molar-refractivity contribution in [1.29, 1.82) is 0 Å². The lowest BCUT2D eigenvalue weighted by Crippen LogP contribution is -3.08. The van der Waals surface area contributed by atoms with E-state index in [9.17, 15) is 4.79 Å². The van der Waals surface area contributed by atoms with E-state index in [1.165, 1.54) is 15.3 Å². The molecule has 2 aliphatic heterocycles. The van der Waals surface area contributed by atoms with Crippen LogP contribution in [0.25, 0.3) is 0 Å². The van der Waals surface area contributed by atoms with Crippen LogP contribution in [0.15, 0.2) is 18.2 Å². The zero-order valence-electron chi connectivity index (χ0n) is 14.6. The molecule has 25 heavy (non-hydrogen) atoms. The molecule has 2 atom stereocenters. The Morgan fingerprint density at radius 1 is 1.24 bits per heavy atom. The fourth-order valence-electron chi connectivity index (χ4n) is 3.55. The highest BCUT2D eigenvalue weighted by Crippen LogP contribution is 2.40. The van der Waals surface area contributed by atoms with Crippen LogP contribution in [0.5, 0.6) is 11.5 Å². The third-order valence-corrected chi connectivity index (χ3v) is 6.05. The van der Waals surface area contributed by atoms with Crippen LogP contribution in [0.1, 0.15) is 32.5 Å². The smallest absolute Gasteiger partial charge is 0.256 e. The van der Waals surface area contributed by atoms with Crippen LogP contribution in [-0.2, 0) is 13.0 Å². The average Bonchev–Trinajstić information content (AvgIpc) is 2.98. The van der Waals surface area contributed by atoms with Gasteiger partial charge in [-0.3, -0.25) is 4.79 Å². The molecule has 1 aromatic heterocycles. The van der Waals surface area contributed by atoms with Gasteiger partial charge in [0.2, 0.25) is 0 Å². The van der Waals surface area contributed by atoms with Crippen molar-refractivity contribution in [3.05, 3.63) is 39.8 Å². The second-order valence-corrected chi connectivity index (χ2v) is 7.61. The summed E-state index contributed by atoms with van der Waals surface area (Å²) >= 11 is 1.71. The van der Waals surface area contributed by atoms with E-state index in [4.69, 9.17) is 9.47 Å². The number of nitrogens with one attached hydrogen (secondary N) is 3. The minimum atomic E-state index is -0.314. The third kappa shape index (κ3) is 2.73. The highest BCUT2D eigenvalue weighted by atomic mass is 32.1. The number of thiophene rings is 1. The molecule has 1 amide bonds. The molecule has 0 fully saturated rings. The van der Waals surface area contributed by atoms with Crippen LogP contribution >= 0.6 is 11.3 Å². The van der Waals surface area contributed by atoms with Gasteiger partial charge in [-0.05, 0) is 17.7 Å². The molecule has 0 aliphatic carbocycles. The van der Waals surface area contributed by atoms with E-state index in [1.807, 2.05) is 18.2 Å². The van der Waals surface area contributed by atoms with Crippen molar-refractivity contribution in [2.24, 2.45) is 0 Å². The molecule has 7 heteroatoms. The molecule has 2 aromatic rings. The zero-order chi connectivity index (χ0) is 17.6. The predicted molar refractivity (Wildman–Crippen MR) is 96.9 cm³/mol. The molecule has 0 saturated carbocycles. The van der Waals surface area contributed by atoms with Crippen LogP contribution in [0.3, 0.4) is 0 Å². The first kappa shape index (κ1) is 16.2. The van der Waals surface area contributed by atoms with Gasteiger partial charge in [-0.15, -0.1) is 11.3 Å². The molecular weight excluding hydrogens is 338 g/mol. The first-order valence-corrected chi connectivity index (χ1v) is 9.17. The van der Waals surface area contributed by atoms with Gasteiger partial charge in [-0.25, -0.2) is 0 Å². The topological polar surface area (TPSA) is 64.0 Å². The van der Waals surface area contributed by atoms with Crippen LogP contribution in [0.2, 0.25) is 0 Å². The summed E-state index contributed by atoms with van der Waals surface area (Å²) in [4.78, 5) is 15.6. The Balaban J connectivity index is 1.69. The second-order valence-electron chi connectivity index (χ2n) is 6.50. The number of carbonyl (C=O) groups is 1. The number of fused-ring (bicyclic) bond motifs is 3. The lowest BCUT2D eigenvalue weighted by Gasteiger charge is -2.28. The predicted octanol–water partition coefficient (Wildman–Crippen LogP) is 1.19. The summed E-state index contributed by atoms with van der Waals surface area (Å²) in [5, 5.41) is 7.53. The van der Waals surface area contributed by atoms with Crippen molar-refractivity contribution in [3.63, 3.8) is 0 Å². The molecule has 2 unspecified atom stereocenters. The maximum atomic E-state index is 12.8. The van der Waals surface area contributed by atoms with Gasteiger partial charge in [0.25, 0.3) is 5.91 Å². The molecule has 132 valence electrons. The number of methoxy groups -OCH3 is 2. The summed E-state index contributed by atoms with van der Waals surface area (Å²) in [6.45, 7) is 2.05. The molecule has 3 N–H and O–H groups in total. The quantitative estimate of drug-likeness (QED) is 0.769. The van der Waals surface area contributed by atoms with Gasteiger partial charge in [0.15, 0.2) is 0 Å². The Kier molecular flexibility index (Phi) is 4.05. The Bertz CT molecular complexity index is 833. The summed E-state index contributed by atoms with van der Waals surface area (Å²) < 4.78 is 10.7. The molecule has 6 nitrogen and oxygen atoms in total. The standard InChI is InChI=1S/C18H21N3O3S/c1-21-7-6-12-14(9-21)25-18-15(12)17(22)19-16(20-18)11-5-4-10(23-2)8-13(11)24-3/h4-5,8,16,20H,6-7,9H2,1-3H3,(H,19,22)/p+1. The summed E-state index contributed by atoms with van der Waals surface area (Å²) in [6, 6.07) is 5.63. The number of hydrogen-bond donors (Lipinski definition) is 3. The van der Waals surface area contributed by atoms with E-state index in [0.29, 0.717) is 5.75 Å². The number of quaternary nitrogens is 1. The second kappa shape index (κ2) is 6.24. The number of amides is 1. The molecular formula is C18H22N3O3S+. The van der Waals surface area contributed by atoms with Crippen LogP contribution < -0.4 is 25.0 Å². The van der Waals surface area contributed by atoms with E-state index in [1.54, 1.807) is 25.6 Å². The number of rotatable bonds is 3. The van der Waals surface area contributed by atoms with Crippen molar-refractivity contribution < 1.29 is 19.2 Å². The van der Waals surface area contributed by atoms with Gasteiger partial charge in [-0.2, -0.15) is 0 Å². The zero-order valence-corrected chi connectivity index (χ0v) is 15.4. The van der Waals surface area contributed by atoms with E-state index < -0.39 is 0 Å². The summed E-state index contributed by atoms with van der Waals surface area (Å²) in [5.74, 6) is 1.40. The van der Waals surface area contributed by atoms with Gasteiger partial charge in [0.1, 0.15) is 29.2 Å². The van der Waals surface area contributed by atoms with E-state index in [0.717, 1.165) is 41.4 Å². The molecule has 0 radical (unpaired) electrons. The molecule has 2 aliphatic rings. The maximum Gasteiger partial charge on any atom is 0.256 e.